The van der Waals surface area contributed by atoms with Crippen molar-refractivity contribution in [3.05, 3.63) is 59.7 Å². The molecule has 0 saturated heterocycles. The molecule has 0 bridgehead atoms. The van der Waals surface area contributed by atoms with Crippen LogP contribution in [0.4, 0.5) is 5.69 Å². The summed E-state index contributed by atoms with van der Waals surface area (Å²) < 4.78 is 5.10. The second-order valence-electron chi connectivity index (χ2n) is 5.75. The molecule has 25 heavy (non-hydrogen) atoms. The standard InChI is InChI=1S/C20H23NO3S/c1-4-14(2)17-7-5-6-8-18(17)21-19(22)13-24-20(23)15-9-11-16(25-3)12-10-15/h5-12,14H,4,13H2,1-3H3,(H,21,22)/t14-/m0/s1. The normalized spacial score (nSPS) is 11.6. The number of carbonyl (C=O) groups is 2. The molecule has 2 aromatic rings. The third-order valence-electron chi connectivity index (χ3n) is 4.04. The zero-order chi connectivity index (χ0) is 18.2. The Morgan fingerprint density at radius 3 is 2.44 bits per heavy atom. The van der Waals surface area contributed by atoms with Crippen LogP contribution in [0.5, 0.6) is 0 Å². The Hall–Kier alpha value is -2.27. The summed E-state index contributed by atoms with van der Waals surface area (Å²) in [6.45, 7) is 3.91. The molecular formula is C20H23NO3S. The zero-order valence-corrected chi connectivity index (χ0v) is 15.6. The Balaban J connectivity index is 1.93. The van der Waals surface area contributed by atoms with Gasteiger partial charge < -0.3 is 10.1 Å². The van der Waals surface area contributed by atoms with Gasteiger partial charge in [0.05, 0.1) is 5.56 Å². The molecule has 0 fully saturated rings. The van der Waals surface area contributed by atoms with Crippen LogP contribution in [0.15, 0.2) is 53.4 Å². The monoisotopic (exact) mass is 357 g/mol. The number of para-hydroxylation sites is 1. The van der Waals surface area contributed by atoms with Gasteiger partial charge in [-0.2, -0.15) is 0 Å². The lowest BCUT2D eigenvalue weighted by Gasteiger charge is -2.15. The van der Waals surface area contributed by atoms with Gasteiger partial charge in [-0.1, -0.05) is 32.0 Å². The van der Waals surface area contributed by atoms with Gasteiger partial charge in [-0.3, -0.25) is 4.79 Å². The molecule has 0 heterocycles. The van der Waals surface area contributed by atoms with Crippen molar-refractivity contribution in [2.45, 2.75) is 31.1 Å². The topological polar surface area (TPSA) is 55.4 Å². The van der Waals surface area contributed by atoms with Gasteiger partial charge >= 0.3 is 5.97 Å². The predicted molar refractivity (Wildman–Crippen MR) is 102 cm³/mol. The SMILES string of the molecule is CC[C@H](C)c1ccccc1NC(=O)COC(=O)c1ccc(SC)cc1. The number of amides is 1. The molecule has 2 rings (SSSR count). The molecule has 0 aliphatic rings. The molecule has 0 aliphatic heterocycles. The van der Waals surface area contributed by atoms with Crippen LogP contribution in [0.1, 0.15) is 42.1 Å². The molecule has 1 N–H and O–H groups in total. The summed E-state index contributed by atoms with van der Waals surface area (Å²) in [5, 5.41) is 2.83. The second kappa shape index (κ2) is 9.28. The van der Waals surface area contributed by atoms with E-state index in [0.29, 0.717) is 11.5 Å². The molecule has 1 amide bonds. The van der Waals surface area contributed by atoms with Crippen molar-refractivity contribution in [2.75, 3.05) is 18.2 Å². The maximum Gasteiger partial charge on any atom is 0.338 e. The first kappa shape index (κ1) is 19.1. The largest absolute Gasteiger partial charge is 0.452 e. The fraction of sp³-hybridized carbons (Fsp3) is 0.300. The third kappa shape index (κ3) is 5.36. The van der Waals surface area contributed by atoms with E-state index in [4.69, 9.17) is 4.74 Å². The number of carbonyl (C=O) groups excluding carboxylic acids is 2. The lowest BCUT2D eigenvalue weighted by Crippen LogP contribution is -2.21. The van der Waals surface area contributed by atoms with E-state index in [9.17, 15) is 9.59 Å². The molecule has 2 aromatic carbocycles. The first-order valence-corrected chi connectivity index (χ1v) is 9.47. The van der Waals surface area contributed by atoms with Crippen molar-refractivity contribution in [3.63, 3.8) is 0 Å². The zero-order valence-electron chi connectivity index (χ0n) is 14.7. The van der Waals surface area contributed by atoms with Gasteiger partial charge in [-0.05, 0) is 54.5 Å². The number of esters is 1. The maximum atomic E-state index is 12.1. The first-order valence-electron chi connectivity index (χ1n) is 8.25. The Morgan fingerprint density at radius 2 is 1.80 bits per heavy atom. The van der Waals surface area contributed by atoms with E-state index in [1.165, 1.54) is 0 Å². The fourth-order valence-electron chi connectivity index (χ4n) is 2.39. The molecule has 0 saturated carbocycles. The van der Waals surface area contributed by atoms with Gasteiger partial charge in [-0.15, -0.1) is 11.8 Å². The summed E-state index contributed by atoms with van der Waals surface area (Å²) in [5.41, 5.74) is 2.28. The van der Waals surface area contributed by atoms with E-state index in [-0.39, 0.29) is 12.5 Å². The minimum atomic E-state index is -0.502. The molecular weight excluding hydrogens is 334 g/mol. The summed E-state index contributed by atoms with van der Waals surface area (Å²) in [6.07, 6.45) is 2.95. The van der Waals surface area contributed by atoms with Crippen molar-refractivity contribution in [1.29, 1.82) is 0 Å². The number of hydrogen-bond acceptors (Lipinski definition) is 4. The molecule has 1 atom stereocenters. The maximum absolute atomic E-state index is 12.1. The molecule has 0 spiro atoms. The lowest BCUT2D eigenvalue weighted by molar-refractivity contribution is -0.119. The highest BCUT2D eigenvalue weighted by Gasteiger charge is 2.13. The number of ether oxygens (including phenoxy) is 1. The quantitative estimate of drug-likeness (QED) is 0.575. The minimum Gasteiger partial charge on any atom is -0.452 e. The summed E-state index contributed by atoms with van der Waals surface area (Å²) in [5.74, 6) is -0.503. The van der Waals surface area contributed by atoms with E-state index in [1.807, 2.05) is 42.7 Å². The Labute approximate surface area is 153 Å². The fourth-order valence-corrected chi connectivity index (χ4v) is 2.80. The van der Waals surface area contributed by atoms with Crippen LogP contribution in [0, 0.1) is 0 Å². The summed E-state index contributed by atoms with van der Waals surface area (Å²) in [7, 11) is 0. The highest BCUT2D eigenvalue weighted by atomic mass is 32.2. The van der Waals surface area contributed by atoms with Gasteiger partial charge in [0.2, 0.25) is 0 Å². The summed E-state index contributed by atoms with van der Waals surface area (Å²) >= 11 is 1.60. The summed E-state index contributed by atoms with van der Waals surface area (Å²) in [4.78, 5) is 25.2. The number of hydrogen-bond donors (Lipinski definition) is 1. The van der Waals surface area contributed by atoms with E-state index >= 15 is 0 Å². The van der Waals surface area contributed by atoms with Gasteiger partial charge in [0, 0.05) is 10.6 Å². The minimum absolute atomic E-state index is 0.308. The first-order chi connectivity index (χ1) is 12.0. The average molecular weight is 357 g/mol. The molecule has 132 valence electrons. The molecule has 0 aromatic heterocycles. The van der Waals surface area contributed by atoms with Gasteiger partial charge in [-0.25, -0.2) is 4.79 Å². The van der Waals surface area contributed by atoms with Gasteiger partial charge in [0.25, 0.3) is 5.91 Å². The number of anilines is 1. The highest BCUT2D eigenvalue weighted by molar-refractivity contribution is 7.98. The molecule has 4 nitrogen and oxygen atoms in total. The van der Waals surface area contributed by atoms with Crippen molar-refractivity contribution in [3.8, 4) is 0 Å². The average Bonchev–Trinajstić information content (AvgIpc) is 2.66. The van der Waals surface area contributed by atoms with Gasteiger partial charge in [0.15, 0.2) is 6.61 Å². The Morgan fingerprint density at radius 1 is 1.12 bits per heavy atom. The van der Waals surface area contributed by atoms with E-state index in [1.54, 1.807) is 23.9 Å². The third-order valence-corrected chi connectivity index (χ3v) is 4.78. The van der Waals surface area contributed by atoms with Crippen LogP contribution in [0.25, 0.3) is 0 Å². The van der Waals surface area contributed by atoms with Gasteiger partial charge in [0.1, 0.15) is 0 Å². The number of benzene rings is 2. The van der Waals surface area contributed by atoms with Crippen LogP contribution in [-0.4, -0.2) is 24.7 Å². The predicted octanol–water partition coefficient (Wildman–Crippen LogP) is 4.72. The van der Waals surface area contributed by atoms with Crippen molar-refractivity contribution in [2.24, 2.45) is 0 Å². The second-order valence-corrected chi connectivity index (χ2v) is 6.63. The van der Waals surface area contributed by atoms with E-state index < -0.39 is 5.97 Å². The molecule has 0 aliphatic carbocycles. The van der Waals surface area contributed by atoms with Crippen LogP contribution in [0.2, 0.25) is 0 Å². The van der Waals surface area contributed by atoms with Crippen LogP contribution < -0.4 is 5.32 Å². The number of rotatable bonds is 7. The Kier molecular flexibility index (Phi) is 7.07. The molecule has 0 unspecified atom stereocenters. The number of nitrogens with one attached hydrogen (secondary N) is 1. The molecule has 5 heteroatoms. The summed E-state index contributed by atoms with van der Waals surface area (Å²) in [6, 6.07) is 14.8. The smallest absolute Gasteiger partial charge is 0.338 e. The van der Waals surface area contributed by atoms with Crippen molar-refractivity contribution in [1.82, 2.24) is 0 Å². The van der Waals surface area contributed by atoms with Crippen molar-refractivity contribution >= 4 is 29.3 Å². The molecule has 0 radical (unpaired) electrons. The van der Waals surface area contributed by atoms with Crippen molar-refractivity contribution < 1.29 is 14.3 Å². The van der Waals surface area contributed by atoms with Crippen LogP contribution in [0.3, 0.4) is 0 Å². The highest BCUT2D eigenvalue weighted by Crippen LogP contribution is 2.26. The van der Waals surface area contributed by atoms with E-state index in [0.717, 1.165) is 22.6 Å². The number of thioether (sulfide) groups is 1. The van der Waals surface area contributed by atoms with Crippen LogP contribution in [-0.2, 0) is 9.53 Å². The van der Waals surface area contributed by atoms with Crippen LogP contribution >= 0.6 is 11.8 Å². The Bertz CT molecular complexity index is 728. The lowest BCUT2D eigenvalue weighted by atomic mass is 9.97. The van der Waals surface area contributed by atoms with E-state index in [2.05, 4.69) is 19.2 Å².